The molecule has 0 bridgehead atoms. The van der Waals surface area contributed by atoms with E-state index in [4.69, 9.17) is 4.74 Å². The van der Waals surface area contributed by atoms with Crippen molar-refractivity contribution in [1.82, 2.24) is 19.5 Å². The van der Waals surface area contributed by atoms with E-state index in [9.17, 15) is 0 Å². The maximum Gasteiger partial charge on any atom is 0.243 e. The molecule has 19 heavy (non-hydrogen) atoms. The number of likely N-dealkylation sites (N-methyl/N-ethyl adjacent to an activating group) is 1. The third-order valence-corrected chi connectivity index (χ3v) is 2.93. The lowest BCUT2D eigenvalue weighted by atomic mass is 10.3. The first-order valence-electron chi connectivity index (χ1n) is 6.43. The fourth-order valence-electron chi connectivity index (χ4n) is 1.78. The highest BCUT2D eigenvalue weighted by molar-refractivity contribution is 5.44. The van der Waals surface area contributed by atoms with E-state index in [1.165, 1.54) is 5.56 Å². The lowest BCUT2D eigenvalue weighted by Gasteiger charge is -2.15. The Bertz CT molecular complexity index is 525. The molecular weight excluding hydrogens is 242 g/mol. The minimum atomic E-state index is 0.672. The first kappa shape index (κ1) is 13.8. The number of ether oxygens (including phenoxy) is 1. The number of nitrogens with one attached hydrogen (secondary N) is 1. The number of methoxy groups -OCH3 is 1. The molecule has 2 aromatic rings. The topological polar surface area (TPSA) is 54.7 Å². The maximum atomic E-state index is 5.04. The number of hydrogen-bond donors (Lipinski definition) is 1. The SMILES string of the molecule is COCCN(C)CCNc1nc2ccc(C)cn2n1. The number of fused-ring (bicyclic) bond motifs is 1. The van der Waals surface area contributed by atoms with Crippen LogP contribution in [0.15, 0.2) is 18.3 Å². The van der Waals surface area contributed by atoms with E-state index in [1.807, 2.05) is 25.3 Å². The largest absolute Gasteiger partial charge is 0.383 e. The zero-order valence-corrected chi connectivity index (χ0v) is 11.8. The molecule has 0 aliphatic heterocycles. The van der Waals surface area contributed by atoms with Gasteiger partial charge in [-0.15, -0.1) is 5.10 Å². The average Bonchev–Trinajstić information content (AvgIpc) is 2.78. The Kier molecular flexibility index (Phi) is 4.70. The van der Waals surface area contributed by atoms with Crippen LogP contribution in [-0.2, 0) is 4.74 Å². The molecule has 2 rings (SSSR count). The van der Waals surface area contributed by atoms with E-state index < -0.39 is 0 Å². The Hall–Kier alpha value is -1.66. The molecule has 0 radical (unpaired) electrons. The highest BCUT2D eigenvalue weighted by Gasteiger charge is 2.03. The van der Waals surface area contributed by atoms with Gasteiger partial charge in [0, 0.05) is 32.9 Å². The molecule has 0 aliphatic rings. The van der Waals surface area contributed by atoms with Crippen molar-refractivity contribution in [2.24, 2.45) is 0 Å². The molecule has 0 aliphatic carbocycles. The van der Waals surface area contributed by atoms with Crippen molar-refractivity contribution >= 4 is 11.6 Å². The van der Waals surface area contributed by atoms with Gasteiger partial charge >= 0.3 is 0 Å². The molecule has 6 nitrogen and oxygen atoms in total. The van der Waals surface area contributed by atoms with E-state index >= 15 is 0 Å². The predicted octanol–water partition coefficient (Wildman–Crippen LogP) is 1.03. The van der Waals surface area contributed by atoms with E-state index in [-0.39, 0.29) is 0 Å². The van der Waals surface area contributed by atoms with Gasteiger partial charge in [-0.05, 0) is 25.6 Å². The van der Waals surface area contributed by atoms with Crippen molar-refractivity contribution < 1.29 is 4.74 Å². The monoisotopic (exact) mass is 263 g/mol. The minimum absolute atomic E-state index is 0.672. The van der Waals surface area contributed by atoms with Crippen LogP contribution in [0.3, 0.4) is 0 Å². The second-order valence-corrected chi connectivity index (χ2v) is 4.67. The Balaban J connectivity index is 1.84. The van der Waals surface area contributed by atoms with Gasteiger partial charge in [0.1, 0.15) is 0 Å². The molecule has 2 heterocycles. The smallest absolute Gasteiger partial charge is 0.243 e. The number of hydrogen-bond acceptors (Lipinski definition) is 5. The summed E-state index contributed by atoms with van der Waals surface area (Å²) in [6.07, 6.45) is 1.97. The van der Waals surface area contributed by atoms with Crippen molar-refractivity contribution in [3.63, 3.8) is 0 Å². The van der Waals surface area contributed by atoms with Gasteiger partial charge < -0.3 is 15.0 Å². The highest BCUT2D eigenvalue weighted by Crippen LogP contribution is 2.06. The van der Waals surface area contributed by atoms with Crippen LogP contribution in [0.2, 0.25) is 0 Å². The third kappa shape index (κ3) is 3.90. The van der Waals surface area contributed by atoms with Crippen molar-refractivity contribution in [2.75, 3.05) is 45.7 Å². The van der Waals surface area contributed by atoms with Crippen LogP contribution in [0.1, 0.15) is 5.56 Å². The lowest BCUT2D eigenvalue weighted by Crippen LogP contribution is -2.28. The zero-order valence-electron chi connectivity index (χ0n) is 11.8. The van der Waals surface area contributed by atoms with Crippen molar-refractivity contribution in [3.8, 4) is 0 Å². The molecule has 0 saturated heterocycles. The molecule has 0 spiro atoms. The number of nitrogens with zero attached hydrogens (tertiary/aromatic N) is 4. The molecule has 0 unspecified atom stereocenters. The lowest BCUT2D eigenvalue weighted by molar-refractivity contribution is 0.163. The van der Waals surface area contributed by atoms with Gasteiger partial charge in [-0.3, -0.25) is 0 Å². The number of aromatic nitrogens is 3. The van der Waals surface area contributed by atoms with E-state index in [2.05, 4.69) is 27.3 Å². The fraction of sp³-hybridized carbons (Fsp3) is 0.538. The van der Waals surface area contributed by atoms with Crippen LogP contribution in [0.4, 0.5) is 5.95 Å². The van der Waals surface area contributed by atoms with Crippen LogP contribution in [0, 0.1) is 6.92 Å². The van der Waals surface area contributed by atoms with Crippen molar-refractivity contribution in [1.29, 1.82) is 0 Å². The number of pyridine rings is 1. The Morgan fingerprint density at radius 2 is 2.21 bits per heavy atom. The first-order valence-corrected chi connectivity index (χ1v) is 6.43. The minimum Gasteiger partial charge on any atom is -0.383 e. The number of rotatable bonds is 7. The summed E-state index contributed by atoms with van der Waals surface area (Å²) < 4.78 is 6.84. The molecule has 0 aromatic carbocycles. The van der Waals surface area contributed by atoms with Gasteiger partial charge in [0.15, 0.2) is 5.65 Å². The summed E-state index contributed by atoms with van der Waals surface area (Å²) in [7, 11) is 3.79. The van der Waals surface area contributed by atoms with E-state index in [0.717, 1.165) is 31.9 Å². The summed E-state index contributed by atoms with van der Waals surface area (Å²) in [4.78, 5) is 6.62. The van der Waals surface area contributed by atoms with Crippen molar-refractivity contribution in [2.45, 2.75) is 6.92 Å². The molecule has 0 fully saturated rings. The Morgan fingerprint density at radius 3 is 3.00 bits per heavy atom. The molecular formula is C13H21N5O. The molecule has 1 N–H and O–H groups in total. The van der Waals surface area contributed by atoms with Gasteiger partial charge in [-0.1, -0.05) is 6.07 Å². The van der Waals surface area contributed by atoms with E-state index in [0.29, 0.717) is 5.95 Å². The van der Waals surface area contributed by atoms with Gasteiger partial charge in [0.05, 0.1) is 6.61 Å². The summed E-state index contributed by atoms with van der Waals surface area (Å²) in [5.41, 5.74) is 2.03. The first-order chi connectivity index (χ1) is 9.19. The second-order valence-electron chi connectivity index (χ2n) is 4.67. The van der Waals surface area contributed by atoms with Gasteiger partial charge in [-0.25, -0.2) is 4.52 Å². The van der Waals surface area contributed by atoms with Gasteiger partial charge in [0.2, 0.25) is 5.95 Å². The fourth-order valence-corrected chi connectivity index (χ4v) is 1.78. The second kappa shape index (κ2) is 6.49. The van der Waals surface area contributed by atoms with Gasteiger partial charge in [-0.2, -0.15) is 4.98 Å². The summed E-state index contributed by atoms with van der Waals surface area (Å²) in [6.45, 7) is 5.46. The third-order valence-electron chi connectivity index (χ3n) is 2.93. The summed E-state index contributed by atoms with van der Waals surface area (Å²) in [5, 5.41) is 7.62. The zero-order chi connectivity index (χ0) is 13.7. The average molecular weight is 263 g/mol. The van der Waals surface area contributed by atoms with Crippen LogP contribution >= 0.6 is 0 Å². The summed E-state index contributed by atoms with van der Waals surface area (Å²) >= 11 is 0. The quantitative estimate of drug-likeness (QED) is 0.808. The molecule has 0 saturated carbocycles. The molecule has 0 amide bonds. The molecule has 2 aromatic heterocycles. The number of anilines is 1. The molecule has 6 heteroatoms. The molecule has 104 valence electrons. The van der Waals surface area contributed by atoms with Crippen molar-refractivity contribution in [3.05, 3.63) is 23.9 Å². The van der Waals surface area contributed by atoms with Crippen LogP contribution in [-0.4, -0.2) is 59.9 Å². The van der Waals surface area contributed by atoms with E-state index in [1.54, 1.807) is 11.6 Å². The van der Waals surface area contributed by atoms with Crippen LogP contribution in [0.25, 0.3) is 5.65 Å². The standard InChI is InChI=1S/C13H21N5O/c1-11-4-5-12-15-13(16-18(12)10-11)14-6-7-17(2)8-9-19-3/h4-5,10H,6-9H2,1-3H3,(H,14,16). The normalized spacial score (nSPS) is 11.4. The maximum absolute atomic E-state index is 5.04. The van der Waals surface area contributed by atoms with Crippen LogP contribution in [0.5, 0.6) is 0 Å². The molecule has 0 atom stereocenters. The summed E-state index contributed by atoms with van der Waals surface area (Å²) in [6, 6.07) is 4.00. The Morgan fingerprint density at radius 1 is 1.37 bits per heavy atom. The van der Waals surface area contributed by atoms with Crippen LogP contribution < -0.4 is 5.32 Å². The summed E-state index contributed by atoms with van der Waals surface area (Å²) in [5.74, 6) is 0.672. The highest BCUT2D eigenvalue weighted by atomic mass is 16.5. The van der Waals surface area contributed by atoms with Gasteiger partial charge in [0.25, 0.3) is 0 Å². The predicted molar refractivity (Wildman–Crippen MR) is 75.6 cm³/mol. The Labute approximate surface area is 113 Å². The number of aryl methyl sites for hydroxylation is 1.